The standard InChI is InChI=1S/C17H18N2O2/c1-12(2)11-21-15-6-4-5-13(9-15)16-8-7-14(10-18)17(20)19(16)3/h4-9,12H,11H2,1-3H3. The van der Waals surface area contributed by atoms with Crippen LogP contribution in [-0.2, 0) is 7.05 Å². The first-order valence-electron chi connectivity index (χ1n) is 6.86. The lowest BCUT2D eigenvalue weighted by molar-refractivity contribution is 0.271. The van der Waals surface area contributed by atoms with Gasteiger partial charge in [-0.1, -0.05) is 26.0 Å². The van der Waals surface area contributed by atoms with Crippen molar-refractivity contribution >= 4 is 0 Å². The summed E-state index contributed by atoms with van der Waals surface area (Å²) in [4.78, 5) is 12.0. The normalized spacial score (nSPS) is 10.4. The lowest BCUT2D eigenvalue weighted by Gasteiger charge is -2.12. The molecule has 0 aliphatic heterocycles. The van der Waals surface area contributed by atoms with Crippen LogP contribution in [0.3, 0.4) is 0 Å². The van der Waals surface area contributed by atoms with Crippen molar-refractivity contribution in [2.24, 2.45) is 13.0 Å². The molecule has 108 valence electrons. The second-order valence-corrected chi connectivity index (χ2v) is 5.34. The second kappa shape index (κ2) is 6.27. The summed E-state index contributed by atoms with van der Waals surface area (Å²) in [5, 5.41) is 8.89. The van der Waals surface area contributed by atoms with Crippen LogP contribution in [0.2, 0.25) is 0 Å². The number of ether oxygens (including phenoxy) is 1. The molecule has 4 nitrogen and oxygen atoms in total. The van der Waals surface area contributed by atoms with Gasteiger partial charge in [-0.25, -0.2) is 0 Å². The molecule has 0 bridgehead atoms. The van der Waals surface area contributed by atoms with E-state index in [9.17, 15) is 4.79 Å². The van der Waals surface area contributed by atoms with Gasteiger partial charge in [-0.2, -0.15) is 5.26 Å². The Morgan fingerprint density at radius 1 is 1.29 bits per heavy atom. The average Bonchev–Trinajstić information content (AvgIpc) is 2.48. The third-order valence-corrected chi connectivity index (χ3v) is 3.14. The van der Waals surface area contributed by atoms with Gasteiger partial charge in [-0.15, -0.1) is 0 Å². The largest absolute Gasteiger partial charge is 0.493 e. The summed E-state index contributed by atoms with van der Waals surface area (Å²) in [6, 6.07) is 12.9. The molecule has 0 aliphatic carbocycles. The van der Waals surface area contributed by atoms with E-state index in [-0.39, 0.29) is 11.1 Å². The van der Waals surface area contributed by atoms with Crippen LogP contribution in [0.4, 0.5) is 0 Å². The number of nitrogens with zero attached hydrogens (tertiary/aromatic N) is 2. The average molecular weight is 282 g/mol. The van der Waals surface area contributed by atoms with Crippen molar-refractivity contribution in [3.05, 3.63) is 52.3 Å². The van der Waals surface area contributed by atoms with E-state index in [0.717, 1.165) is 17.0 Å². The summed E-state index contributed by atoms with van der Waals surface area (Å²) in [6.07, 6.45) is 0. The Hall–Kier alpha value is -2.54. The first kappa shape index (κ1) is 14.9. The number of hydrogen-bond acceptors (Lipinski definition) is 3. The molecule has 1 aromatic heterocycles. The van der Waals surface area contributed by atoms with Gasteiger partial charge < -0.3 is 9.30 Å². The predicted molar refractivity (Wildman–Crippen MR) is 82.2 cm³/mol. The van der Waals surface area contributed by atoms with Crippen molar-refractivity contribution in [1.29, 1.82) is 5.26 Å². The van der Waals surface area contributed by atoms with Crippen molar-refractivity contribution in [2.45, 2.75) is 13.8 Å². The lowest BCUT2D eigenvalue weighted by atomic mass is 10.1. The van der Waals surface area contributed by atoms with Crippen molar-refractivity contribution in [3.8, 4) is 23.1 Å². The van der Waals surface area contributed by atoms with Crippen molar-refractivity contribution in [3.63, 3.8) is 0 Å². The molecule has 0 amide bonds. The summed E-state index contributed by atoms with van der Waals surface area (Å²) in [7, 11) is 1.67. The Bertz CT molecular complexity index is 739. The van der Waals surface area contributed by atoms with Crippen LogP contribution in [0.1, 0.15) is 19.4 Å². The minimum absolute atomic E-state index is 0.147. The number of pyridine rings is 1. The van der Waals surface area contributed by atoms with Gasteiger partial charge in [0, 0.05) is 12.6 Å². The third-order valence-electron chi connectivity index (χ3n) is 3.14. The van der Waals surface area contributed by atoms with E-state index in [4.69, 9.17) is 10.00 Å². The van der Waals surface area contributed by atoms with E-state index < -0.39 is 0 Å². The van der Waals surface area contributed by atoms with E-state index in [0.29, 0.717) is 12.5 Å². The Morgan fingerprint density at radius 2 is 2.05 bits per heavy atom. The van der Waals surface area contributed by atoms with Gasteiger partial charge >= 0.3 is 0 Å². The van der Waals surface area contributed by atoms with Gasteiger partial charge in [0.1, 0.15) is 17.4 Å². The smallest absolute Gasteiger partial charge is 0.268 e. The molecule has 2 aromatic rings. The van der Waals surface area contributed by atoms with Gasteiger partial charge in [0.15, 0.2) is 0 Å². The van der Waals surface area contributed by atoms with Crippen molar-refractivity contribution in [2.75, 3.05) is 6.61 Å². The molecule has 0 spiro atoms. The van der Waals surface area contributed by atoms with Gasteiger partial charge in [-0.3, -0.25) is 4.79 Å². The lowest BCUT2D eigenvalue weighted by Crippen LogP contribution is -2.20. The van der Waals surface area contributed by atoms with E-state index in [1.165, 1.54) is 4.57 Å². The summed E-state index contributed by atoms with van der Waals surface area (Å²) < 4.78 is 7.19. The Labute approximate surface area is 124 Å². The molecule has 2 rings (SSSR count). The number of rotatable bonds is 4. The topological polar surface area (TPSA) is 55.0 Å². The predicted octanol–water partition coefficient (Wildman–Crippen LogP) is 2.96. The van der Waals surface area contributed by atoms with Gasteiger partial charge in [0.2, 0.25) is 0 Å². The molecule has 1 aromatic carbocycles. The minimum atomic E-state index is -0.288. The van der Waals surface area contributed by atoms with Crippen molar-refractivity contribution < 1.29 is 4.74 Å². The fourth-order valence-electron chi connectivity index (χ4n) is 2.02. The number of hydrogen-bond donors (Lipinski definition) is 0. The second-order valence-electron chi connectivity index (χ2n) is 5.34. The molecule has 0 N–H and O–H groups in total. The van der Waals surface area contributed by atoms with Crippen LogP contribution >= 0.6 is 0 Å². The highest BCUT2D eigenvalue weighted by molar-refractivity contribution is 5.62. The molecule has 1 heterocycles. The van der Waals surface area contributed by atoms with Gasteiger partial charge in [-0.05, 0) is 30.2 Å². The zero-order chi connectivity index (χ0) is 15.4. The maximum absolute atomic E-state index is 12.0. The SMILES string of the molecule is CC(C)COc1cccc(-c2ccc(C#N)c(=O)n2C)c1. The zero-order valence-electron chi connectivity index (χ0n) is 12.5. The highest BCUT2D eigenvalue weighted by Crippen LogP contribution is 2.23. The first-order valence-corrected chi connectivity index (χ1v) is 6.86. The molecule has 0 radical (unpaired) electrons. The zero-order valence-corrected chi connectivity index (χ0v) is 12.5. The maximum Gasteiger partial charge on any atom is 0.268 e. The first-order chi connectivity index (χ1) is 10.0. The van der Waals surface area contributed by atoms with Crippen LogP contribution in [-0.4, -0.2) is 11.2 Å². The van der Waals surface area contributed by atoms with E-state index in [2.05, 4.69) is 13.8 Å². The number of nitriles is 1. The van der Waals surface area contributed by atoms with Crippen LogP contribution in [0.15, 0.2) is 41.2 Å². The molecule has 0 atom stereocenters. The Balaban J connectivity index is 2.39. The molecular formula is C17H18N2O2. The van der Waals surface area contributed by atoms with Gasteiger partial charge in [0.25, 0.3) is 5.56 Å². The summed E-state index contributed by atoms with van der Waals surface area (Å²) in [5.41, 5.74) is 1.51. The highest BCUT2D eigenvalue weighted by Gasteiger charge is 2.08. The van der Waals surface area contributed by atoms with Crippen molar-refractivity contribution in [1.82, 2.24) is 4.57 Å². The van der Waals surface area contributed by atoms with E-state index in [1.807, 2.05) is 30.3 Å². The molecule has 21 heavy (non-hydrogen) atoms. The highest BCUT2D eigenvalue weighted by atomic mass is 16.5. The van der Waals surface area contributed by atoms with Crippen LogP contribution < -0.4 is 10.3 Å². The van der Waals surface area contributed by atoms with Gasteiger partial charge in [0.05, 0.1) is 12.3 Å². The van der Waals surface area contributed by atoms with Crippen LogP contribution in [0.25, 0.3) is 11.3 Å². The fraction of sp³-hybridized carbons (Fsp3) is 0.294. The van der Waals surface area contributed by atoms with Crippen LogP contribution in [0.5, 0.6) is 5.75 Å². The summed E-state index contributed by atoms with van der Waals surface area (Å²) in [5.74, 6) is 1.23. The molecule has 0 saturated heterocycles. The number of benzene rings is 1. The molecular weight excluding hydrogens is 264 g/mol. The molecule has 0 aliphatic rings. The molecule has 4 heteroatoms. The molecule has 0 saturated carbocycles. The Morgan fingerprint density at radius 3 is 2.71 bits per heavy atom. The maximum atomic E-state index is 12.0. The summed E-state index contributed by atoms with van der Waals surface area (Å²) in [6.45, 7) is 4.83. The molecule has 0 fully saturated rings. The fourth-order valence-corrected chi connectivity index (χ4v) is 2.02. The van der Waals surface area contributed by atoms with Crippen LogP contribution in [0, 0.1) is 17.2 Å². The monoisotopic (exact) mass is 282 g/mol. The van der Waals surface area contributed by atoms with E-state index in [1.54, 1.807) is 19.2 Å². The third kappa shape index (κ3) is 3.32. The minimum Gasteiger partial charge on any atom is -0.493 e. The number of aromatic nitrogens is 1. The quantitative estimate of drug-likeness (QED) is 0.866. The molecule has 0 unspecified atom stereocenters. The summed E-state index contributed by atoms with van der Waals surface area (Å²) >= 11 is 0. The van der Waals surface area contributed by atoms with E-state index >= 15 is 0 Å². The Kier molecular flexibility index (Phi) is 4.44.